The van der Waals surface area contributed by atoms with E-state index in [0.29, 0.717) is 22.6 Å². The molecule has 0 aliphatic rings. The van der Waals surface area contributed by atoms with Gasteiger partial charge in [-0.25, -0.2) is 4.98 Å². The van der Waals surface area contributed by atoms with Gasteiger partial charge in [0.1, 0.15) is 23.2 Å². The Bertz CT molecular complexity index is 996. The minimum Gasteiger partial charge on any atom is -0.496 e. The highest BCUT2D eigenvalue weighted by molar-refractivity contribution is 9.10. The number of rotatable bonds is 3. The number of benzene rings is 2. The number of nitriles is 1. The van der Waals surface area contributed by atoms with E-state index in [1.807, 2.05) is 48.5 Å². The summed E-state index contributed by atoms with van der Waals surface area (Å²) in [6.45, 7) is 0. The summed E-state index contributed by atoms with van der Waals surface area (Å²) in [4.78, 5) is 4.41. The summed E-state index contributed by atoms with van der Waals surface area (Å²) in [5, 5.41) is 9.58. The molecule has 0 unspecified atom stereocenters. The average Bonchev–Trinajstić information content (AvgIpc) is 2.61. The van der Waals surface area contributed by atoms with Crippen molar-refractivity contribution in [2.45, 2.75) is 0 Å². The molecule has 25 heavy (non-hydrogen) atoms. The molecule has 0 aliphatic heterocycles. The summed E-state index contributed by atoms with van der Waals surface area (Å²) in [6, 6.07) is 17.4. The summed E-state index contributed by atoms with van der Waals surface area (Å²) in [5.41, 5.74) is 9.44. The Hall–Kier alpha value is -2.36. The van der Waals surface area contributed by atoms with Crippen molar-refractivity contribution in [1.29, 1.82) is 5.26 Å². The third-order valence-electron chi connectivity index (χ3n) is 3.76. The molecule has 0 radical (unpaired) electrons. The highest BCUT2D eigenvalue weighted by Crippen LogP contribution is 2.38. The predicted molar refractivity (Wildman–Crippen MR) is 106 cm³/mol. The Morgan fingerprint density at radius 3 is 2.48 bits per heavy atom. The standard InChI is InChI=1S/C19H13Br2N3O/c1-25-18-7-6-11(20)8-14(18)13-9-17(24-19(23)15(13)10-22)12-4-2-3-5-16(12)21/h2-9H,1H3,(H2,23,24). The normalized spacial score (nSPS) is 10.3. The zero-order valence-corrected chi connectivity index (χ0v) is 16.4. The van der Waals surface area contributed by atoms with Crippen LogP contribution in [0.4, 0.5) is 5.82 Å². The number of halogens is 2. The van der Waals surface area contributed by atoms with Crippen LogP contribution in [0, 0.1) is 11.3 Å². The number of hydrogen-bond donors (Lipinski definition) is 1. The Morgan fingerprint density at radius 1 is 1.04 bits per heavy atom. The SMILES string of the molecule is COc1ccc(Br)cc1-c1cc(-c2ccccc2Br)nc(N)c1C#N. The summed E-state index contributed by atoms with van der Waals surface area (Å²) in [7, 11) is 1.60. The molecule has 1 heterocycles. The highest BCUT2D eigenvalue weighted by Gasteiger charge is 2.17. The van der Waals surface area contributed by atoms with Crippen molar-refractivity contribution in [2.24, 2.45) is 0 Å². The predicted octanol–water partition coefficient (Wildman–Crippen LogP) is 5.40. The van der Waals surface area contributed by atoms with E-state index in [-0.39, 0.29) is 5.82 Å². The molecule has 0 saturated carbocycles. The molecule has 0 saturated heterocycles. The monoisotopic (exact) mass is 457 g/mol. The molecule has 0 bridgehead atoms. The van der Waals surface area contributed by atoms with Gasteiger partial charge in [0.05, 0.1) is 12.8 Å². The average molecular weight is 459 g/mol. The van der Waals surface area contributed by atoms with E-state index in [1.165, 1.54) is 0 Å². The Morgan fingerprint density at radius 2 is 1.80 bits per heavy atom. The molecule has 0 atom stereocenters. The lowest BCUT2D eigenvalue weighted by Crippen LogP contribution is -2.01. The van der Waals surface area contributed by atoms with E-state index in [9.17, 15) is 5.26 Å². The molecule has 1 aromatic heterocycles. The van der Waals surface area contributed by atoms with Crippen molar-refractivity contribution in [3.8, 4) is 34.2 Å². The van der Waals surface area contributed by atoms with E-state index < -0.39 is 0 Å². The number of nitrogen functional groups attached to an aromatic ring is 1. The quantitative estimate of drug-likeness (QED) is 0.570. The molecule has 0 fully saturated rings. The lowest BCUT2D eigenvalue weighted by Gasteiger charge is -2.14. The molecule has 0 spiro atoms. The van der Waals surface area contributed by atoms with Crippen LogP contribution in [0.1, 0.15) is 5.56 Å². The molecule has 0 aliphatic carbocycles. The van der Waals surface area contributed by atoms with Gasteiger partial charge in [-0.05, 0) is 30.3 Å². The van der Waals surface area contributed by atoms with Crippen LogP contribution in [0.3, 0.4) is 0 Å². The molecule has 2 aromatic carbocycles. The molecular formula is C19H13Br2N3O. The summed E-state index contributed by atoms with van der Waals surface area (Å²) in [6.07, 6.45) is 0. The van der Waals surface area contributed by atoms with Gasteiger partial charge in [-0.15, -0.1) is 0 Å². The van der Waals surface area contributed by atoms with Crippen LogP contribution in [-0.4, -0.2) is 12.1 Å². The summed E-state index contributed by atoms with van der Waals surface area (Å²) >= 11 is 7.01. The zero-order valence-electron chi connectivity index (χ0n) is 13.3. The van der Waals surface area contributed by atoms with Gasteiger partial charge in [-0.1, -0.05) is 50.1 Å². The number of nitrogens with zero attached hydrogens (tertiary/aromatic N) is 2. The molecular weight excluding hydrogens is 446 g/mol. The number of nitrogens with two attached hydrogens (primary N) is 1. The Balaban J connectivity index is 2.32. The van der Waals surface area contributed by atoms with Gasteiger partial charge in [0.15, 0.2) is 0 Å². The van der Waals surface area contributed by atoms with Crippen molar-refractivity contribution in [2.75, 3.05) is 12.8 Å². The number of methoxy groups -OCH3 is 1. The van der Waals surface area contributed by atoms with Crippen LogP contribution in [0.2, 0.25) is 0 Å². The lowest BCUT2D eigenvalue weighted by atomic mass is 9.97. The summed E-state index contributed by atoms with van der Waals surface area (Å²) in [5.74, 6) is 0.844. The largest absolute Gasteiger partial charge is 0.496 e. The van der Waals surface area contributed by atoms with Crippen molar-refractivity contribution in [3.63, 3.8) is 0 Å². The third kappa shape index (κ3) is 3.39. The van der Waals surface area contributed by atoms with E-state index in [4.69, 9.17) is 10.5 Å². The maximum Gasteiger partial charge on any atom is 0.142 e. The Labute approximate surface area is 162 Å². The van der Waals surface area contributed by atoms with Crippen LogP contribution in [-0.2, 0) is 0 Å². The molecule has 6 heteroatoms. The fraction of sp³-hybridized carbons (Fsp3) is 0.0526. The molecule has 3 rings (SSSR count). The minimum atomic E-state index is 0.188. The molecule has 124 valence electrons. The molecule has 4 nitrogen and oxygen atoms in total. The van der Waals surface area contributed by atoms with Crippen molar-refractivity contribution in [1.82, 2.24) is 4.98 Å². The van der Waals surface area contributed by atoms with Gasteiger partial charge in [0, 0.05) is 25.6 Å². The Kier molecular flexibility index (Phi) is 5.07. The number of aromatic nitrogens is 1. The topological polar surface area (TPSA) is 71.9 Å². The van der Waals surface area contributed by atoms with Crippen molar-refractivity contribution in [3.05, 3.63) is 63.0 Å². The smallest absolute Gasteiger partial charge is 0.142 e. The van der Waals surface area contributed by atoms with Crippen LogP contribution in [0.5, 0.6) is 5.75 Å². The summed E-state index contributed by atoms with van der Waals surface area (Å²) < 4.78 is 7.24. The maximum atomic E-state index is 9.58. The second-order valence-electron chi connectivity index (χ2n) is 5.25. The van der Waals surface area contributed by atoms with Gasteiger partial charge in [0.2, 0.25) is 0 Å². The minimum absolute atomic E-state index is 0.188. The van der Waals surface area contributed by atoms with Crippen LogP contribution in [0.15, 0.2) is 57.5 Å². The van der Waals surface area contributed by atoms with Crippen molar-refractivity contribution < 1.29 is 4.74 Å². The first-order valence-corrected chi connectivity index (χ1v) is 8.93. The van der Waals surface area contributed by atoms with E-state index in [1.54, 1.807) is 7.11 Å². The van der Waals surface area contributed by atoms with Crippen LogP contribution >= 0.6 is 31.9 Å². The van der Waals surface area contributed by atoms with Gasteiger partial charge < -0.3 is 10.5 Å². The maximum absolute atomic E-state index is 9.58. The van der Waals surface area contributed by atoms with Gasteiger partial charge in [-0.2, -0.15) is 5.26 Å². The second-order valence-corrected chi connectivity index (χ2v) is 7.02. The van der Waals surface area contributed by atoms with E-state index in [0.717, 1.165) is 20.1 Å². The third-order valence-corrected chi connectivity index (χ3v) is 4.95. The van der Waals surface area contributed by atoms with Gasteiger partial charge in [-0.3, -0.25) is 0 Å². The first-order valence-electron chi connectivity index (χ1n) is 7.34. The fourth-order valence-electron chi connectivity index (χ4n) is 2.59. The second kappa shape index (κ2) is 7.26. The zero-order chi connectivity index (χ0) is 18.0. The molecule has 2 N–H and O–H groups in total. The first kappa shape index (κ1) is 17.5. The van der Waals surface area contributed by atoms with E-state index >= 15 is 0 Å². The number of ether oxygens (including phenoxy) is 1. The van der Waals surface area contributed by atoms with Crippen LogP contribution in [0.25, 0.3) is 22.4 Å². The number of hydrogen-bond acceptors (Lipinski definition) is 4. The number of pyridine rings is 1. The molecule has 0 amide bonds. The molecule has 3 aromatic rings. The van der Waals surface area contributed by atoms with Gasteiger partial charge in [0.25, 0.3) is 0 Å². The lowest BCUT2D eigenvalue weighted by molar-refractivity contribution is 0.416. The van der Waals surface area contributed by atoms with Gasteiger partial charge >= 0.3 is 0 Å². The first-order chi connectivity index (χ1) is 12.0. The van der Waals surface area contributed by atoms with Crippen molar-refractivity contribution >= 4 is 37.7 Å². The van der Waals surface area contributed by atoms with E-state index in [2.05, 4.69) is 42.9 Å². The van der Waals surface area contributed by atoms with Crippen LogP contribution < -0.4 is 10.5 Å². The fourth-order valence-corrected chi connectivity index (χ4v) is 3.44. The highest BCUT2D eigenvalue weighted by atomic mass is 79.9. The number of anilines is 1.